The van der Waals surface area contributed by atoms with Gasteiger partial charge in [-0.3, -0.25) is 9.59 Å². The first-order chi connectivity index (χ1) is 10.7. The maximum absolute atomic E-state index is 12.0. The molecule has 1 aliphatic rings. The van der Waals surface area contributed by atoms with Gasteiger partial charge in [-0.25, -0.2) is 0 Å². The number of Topliss-reactive ketones (excluding diaryl/α,β-unsaturated/α-hetero) is 1. The van der Waals surface area contributed by atoms with E-state index in [1.54, 1.807) is 12.1 Å². The third kappa shape index (κ3) is 5.00. The third-order valence-electron chi connectivity index (χ3n) is 3.55. The molecule has 0 atom stereocenters. The molecule has 1 heterocycles. The van der Waals surface area contributed by atoms with Gasteiger partial charge in [-0.05, 0) is 30.7 Å². The highest BCUT2D eigenvalue weighted by Gasteiger charge is 2.12. The summed E-state index contributed by atoms with van der Waals surface area (Å²) in [5.74, 6) is 0.219. The number of carbonyl (C=O) groups excluding carboxylic acids is 2. The van der Waals surface area contributed by atoms with Gasteiger partial charge >= 0.3 is 0 Å². The molecule has 0 aliphatic carbocycles. The van der Waals surface area contributed by atoms with Gasteiger partial charge in [-0.2, -0.15) is 0 Å². The van der Waals surface area contributed by atoms with E-state index in [4.69, 9.17) is 16.3 Å². The summed E-state index contributed by atoms with van der Waals surface area (Å²) >= 11 is 5.52. The molecule has 1 saturated heterocycles. The quantitative estimate of drug-likeness (QED) is 0.614. The highest BCUT2D eigenvalue weighted by Crippen LogP contribution is 2.16. The normalized spacial score (nSPS) is 14.7. The number of ether oxygens (including phenoxy) is 1. The number of benzene rings is 1. The average molecular weight is 325 g/mol. The number of ketones is 1. The van der Waals surface area contributed by atoms with Crippen molar-refractivity contribution in [1.82, 2.24) is 5.32 Å². The zero-order chi connectivity index (χ0) is 15.8. The van der Waals surface area contributed by atoms with Crippen molar-refractivity contribution in [3.05, 3.63) is 29.8 Å². The lowest BCUT2D eigenvalue weighted by Gasteiger charge is -2.28. The van der Waals surface area contributed by atoms with E-state index in [0.717, 1.165) is 32.0 Å². The molecule has 2 rings (SSSR count). The van der Waals surface area contributed by atoms with Crippen molar-refractivity contribution in [2.45, 2.75) is 12.8 Å². The van der Waals surface area contributed by atoms with E-state index in [2.05, 4.69) is 10.2 Å². The summed E-state index contributed by atoms with van der Waals surface area (Å²) in [5, 5.41) is 2.62. The number of alkyl halides is 1. The molecule has 1 aromatic carbocycles. The third-order valence-corrected chi connectivity index (χ3v) is 3.82. The Bertz CT molecular complexity index is 499. The van der Waals surface area contributed by atoms with Crippen molar-refractivity contribution in [1.29, 1.82) is 0 Å². The fraction of sp³-hybridized carbons (Fsp3) is 0.500. The molecule has 0 bridgehead atoms. The van der Waals surface area contributed by atoms with Crippen LogP contribution in [0.4, 0.5) is 5.69 Å². The Kier molecular flexibility index (Phi) is 6.68. The lowest BCUT2D eigenvalue weighted by Crippen LogP contribution is -2.36. The van der Waals surface area contributed by atoms with Crippen molar-refractivity contribution >= 4 is 29.0 Å². The van der Waals surface area contributed by atoms with Gasteiger partial charge in [0.25, 0.3) is 0 Å². The lowest BCUT2D eigenvalue weighted by atomic mass is 10.1. The van der Waals surface area contributed by atoms with Crippen LogP contribution < -0.4 is 10.2 Å². The number of hydrogen-bond acceptors (Lipinski definition) is 4. The Labute approximate surface area is 135 Å². The molecule has 1 fully saturated rings. The predicted octanol–water partition coefficient (Wildman–Crippen LogP) is 1.84. The monoisotopic (exact) mass is 324 g/mol. The van der Waals surface area contributed by atoms with Crippen LogP contribution in [0.1, 0.15) is 23.2 Å². The van der Waals surface area contributed by atoms with Crippen molar-refractivity contribution in [2.75, 3.05) is 43.6 Å². The van der Waals surface area contributed by atoms with Crippen LogP contribution >= 0.6 is 11.6 Å². The smallest absolute Gasteiger partial charge is 0.220 e. The van der Waals surface area contributed by atoms with E-state index in [1.807, 2.05) is 12.1 Å². The molecular weight excluding hydrogens is 304 g/mol. The summed E-state index contributed by atoms with van der Waals surface area (Å²) in [5.41, 5.74) is 1.70. The Hall–Kier alpha value is -1.59. The number of anilines is 1. The molecule has 0 saturated carbocycles. The number of morpholine rings is 1. The fourth-order valence-electron chi connectivity index (χ4n) is 2.28. The number of halogens is 1. The van der Waals surface area contributed by atoms with Crippen LogP contribution in [0.3, 0.4) is 0 Å². The Morgan fingerprint density at radius 2 is 1.86 bits per heavy atom. The Balaban J connectivity index is 1.84. The van der Waals surface area contributed by atoms with Crippen LogP contribution in [0.15, 0.2) is 24.3 Å². The molecule has 1 aromatic rings. The first kappa shape index (κ1) is 16.8. The number of hydrogen-bond donors (Lipinski definition) is 1. The summed E-state index contributed by atoms with van der Waals surface area (Å²) in [4.78, 5) is 25.7. The zero-order valence-corrected chi connectivity index (χ0v) is 13.3. The minimum absolute atomic E-state index is 0.0258. The summed E-state index contributed by atoms with van der Waals surface area (Å²) in [6.45, 7) is 3.22. The maximum Gasteiger partial charge on any atom is 0.220 e. The lowest BCUT2D eigenvalue weighted by molar-refractivity contribution is -0.120. The molecule has 120 valence electrons. The van der Waals surface area contributed by atoms with E-state index in [1.165, 1.54) is 0 Å². The van der Waals surface area contributed by atoms with Crippen molar-refractivity contribution in [3.8, 4) is 0 Å². The number of carbonyl (C=O) groups is 2. The second-order valence-corrected chi connectivity index (χ2v) is 5.52. The van der Waals surface area contributed by atoms with Gasteiger partial charge in [0.05, 0.1) is 19.8 Å². The summed E-state index contributed by atoms with van der Waals surface area (Å²) in [7, 11) is 0. The largest absolute Gasteiger partial charge is 0.378 e. The van der Waals surface area contributed by atoms with Gasteiger partial charge in [0, 0.05) is 36.6 Å². The molecule has 1 amide bonds. The number of nitrogens with one attached hydrogen (secondary N) is 1. The van der Waals surface area contributed by atoms with E-state index in [-0.39, 0.29) is 18.2 Å². The minimum Gasteiger partial charge on any atom is -0.378 e. The number of rotatable bonds is 7. The van der Waals surface area contributed by atoms with Crippen molar-refractivity contribution in [2.24, 2.45) is 0 Å². The molecule has 22 heavy (non-hydrogen) atoms. The summed E-state index contributed by atoms with van der Waals surface area (Å²) in [6, 6.07) is 7.48. The zero-order valence-electron chi connectivity index (χ0n) is 12.5. The minimum atomic E-state index is -0.140. The molecule has 0 unspecified atom stereocenters. The van der Waals surface area contributed by atoms with Gasteiger partial charge in [0.2, 0.25) is 5.91 Å². The standard InChI is InChI=1S/C16H21ClN2O3/c17-7-1-2-16(21)18-12-15(20)13-3-5-14(6-4-13)19-8-10-22-11-9-19/h3-6H,1-2,7-12H2,(H,18,21). The van der Waals surface area contributed by atoms with Crippen LogP contribution in [0.2, 0.25) is 0 Å². The van der Waals surface area contributed by atoms with Gasteiger partial charge in [-0.15, -0.1) is 11.6 Å². The van der Waals surface area contributed by atoms with Crippen molar-refractivity contribution < 1.29 is 14.3 Å². The highest BCUT2D eigenvalue weighted by atomic mass is 35.5. The highest BCUT2D eigenvalue weighted by molar-refractivity contribution is 6.17. The van der Waals surface area contributed by atoms with Crippen LogP contribution in [0.5, 0.6) is 0 Å². The van der Waals surface area contributed by atoms with E-state index in [9.17, 15) is 9.59 Å². The van der Waals surface area contributed by atoms with Crippen LogP contribution in [-0.4, -0.2) is 50.4 Å². The summed E-state index contributed by atoms with van der Waals surface area (Å²) < 4.78 is 5.32. The van der Waals surface area contributed by atoms with Gasteiger partial charge in [-0.1, -0.05) is 0 Å². The van der Waals surface area contributed by atoms with E-state index in [0.29, 0.717) is 24.3 Å². The maximum atomic E-state index is 12.0. The fourth-order valence-corrected chi connectivity index (χ4v) is 2.41. The van der Waals surface area contributed by atoms with Gasteiger partial charge in [0.15, 0.2) is 5.78 Å². The molecule has 0 radical (unpaired) electrons. The molecule has 1 aliphatic heterocycles. The van der Waals surface area contributed by atoms with E-state index >= 15 is 0 Å². The SMILES string of the molecule is O=C(CCCCl)NCC(=O)c1ccc(N2CCOCC2)cc1. The molecule has 0 spiro atoms. The van der Waals surface area contributed by atoms with Gasteiger partial charge in [0.1, 0.15) is 0 Å². The first-order valence-electron chi connectivity index (χ1n) is 7.49. The topological polar surface area (TPSA) is 58.6 Å². The molecule has 6 heteroatoms. The average Bonchev–Trinajstić information content (AvgIpc) is 2.58. The second-order valence-electron chi connectivity index (χ2n) is 5.14. The Morgan fingerprint density at radius 1 is 1.18 bits per heavy atom. The van der Waals surface area contributed by atoms with Crippen LogP contribution in [0, 0.1) is 0 Å². The Morgan fingerprint density at radius 3 is 2.50 bits per heavy atom. The second kappa shape index (κ2) is 8.76. The number of nitrogens with zero attached hydrogens (tertiary/aromatic N) is 1. The predicted molar refractivity (Wildman–Crippen MR) is 86.8 cm³/mol. The molecular formula is C16H21ClN2O3. The van der Waals surface area contributed by atoms with Crippen molar-refractivity contribution in [3.63, 3.8) is 0 Å². The summed E-state index contributed by atoms with van der Waals surface area (Å²) in [6.07, 6.45) is 0.975. The van der Waals surface area contributed by atoms with E-state index < -0.39 is 0 Å². The first-order valence-corrected chi connectivity index (χ1v) is 8.03. The molecule has 0 aromatic heterocycles. The van der Waals surface area contributed by atoms with Gasteiger partial charge < -0.3 is 15.0 Å². The van der Waals surface area contributed by atoms with Crippen LogP contribution in [0.25, 0.3) is 0 Å². The van der Waals surface area contributed by atoms with Crippen LogP contribution in [-0.2, 0) is 9.53 Å². The molecule has 5 nitrogen and oxygen atoms in total. The molecule has 1 N–H and O–H groups in total. The number of amides is 1.